The standard InChI is InChI=1S/C18H25NO5/c1-12-4-6-14(7-5-12)19(10-15-3-2-8-23-15)17(20)16-9-13(11-24-16)18(21)22/h9,11-12,14-15H,2-8,10H2,1H3,(H,21,22). The van der Waals surface area contributed by atoms with Crippen molar-refractivity contribution in [2.45, 2.75) is 57.6 Å². The van der Waals surface area contributed by atoms with Crippen LogP contribution in [0.25, 0.3) is 0 Å². The number of nitrogens with zero attached hydrogens (tertiary/aromatic N) is 1. The van der Waals surface area contributed by atoms with E-state index < -0.39 is 5.97 Å². The van der Waals surface area contributed by atoms with E-state index in [9.17, 15) is 9.59 Å². The number of carbonyl (C=O) groups excluding carboxylic acids is 1. The fourth-order valence-electron chi connectivity index (χ4n) is 3.66. The van der Waals surface area contributed by atoms with Crippen LogP contribution in [0.15, 0.2) is 16.7 Å². The second-order valence-corrected chi connectivity index (χ2v) is 7.01. The zero-order valence-corrected chi connectivity index (χ0v) is 14.1. The Balaban J connectivity index is 1.76. The van der Waals surface area contributed by atoms with Crippen molar-refractivity contribution in [2.24, 2.45) is 5.92 Å². The zero-order valence-electron chi connectivity index (χ0n) is 14.1. The van der Waals surface area contributed by atoms with E-state index in [0.29, 0.717) is 12.5 Å². The second-order valence-electron chi connectivity index (χ2n) is 7.01. The minimum absolute atomic E-state index is 0.00711. The maximum atomic E-state index is 12.9. The van der Waals surface area contributed by atoms with Crippen molar-refractivity contribution in [1.29, 1.82) is 0 Å². The molecule has 1 amide bonds. The molecule has 6 nitrogen and oxygen atoms in total. The van der Waals surface area contributed by atoms with Gasteiger partial charge >= 0.3 is 5.97 Å². The highest BCUT2D eigenvalue weighted by Gasteiger charge is 2.32. The van der Waals surface area contributed by atoms with E-state index >= 15 is 0 Å². The van der Waals surface area contributed by atoms with Gasteiger partial charge in [0.25, 0.3) is 5.91 Å². The molecule has 0 radical (unpaired) electrons. The molecule has 0 aromatic carbocycles. The molecule has 1 saturated heterocycles. The van der Waals surface area contributed by atoms with Crippen LogP contribution in [0.3, 0.4) is 0 Å². The molecule has 1 N–H and O–H groups in total. The summed E-state index contributed by atoms with van der Waals surface area (Å²) in [7, 11) is 0. The fraction of sp³-hybridized carbons (Fsp3) is 0.667. The summed E-state index contributed by atoms with van der Waals surface area (Å²) in [4.78, 5) is 25.8. The summed E-state index contributed by atoms with van der Waals surface area (Å²) in [6, 6.07) is 1.50. The first-order valence-electron chi connectivity index (χ1n) is 8.79. The van der Waals surface area contributed by atoms with Crippen LogP contribution in [0.4, 0.5) is 0 Å². The number of hydrogen-bond donors (Lipinski definition) is 1. The molecule has 0 bridgehead atoms. The number of aromatic carboxylic acids is 1. The largest absolute Gasteiger partial charge is 0.478 e. The third-order valence-corrected chi connectivity index (χ3v) is 5.17. The van der Waals surface area contributed by atoms with Gasteiger partial charge in [-0.3, -0.25) is 4.79 Å². The summed E-state index contributed by atoms with van der Waals surface area (Å²) in [6.07, 6.45) is 7.36. The van der Waals surface area contributed by atoms with E-state index in [4.69, 9.17) is 14.3 Å². The predicted octanol–water partition coefficient (Wildman–Crippen LogP) is 3.18. The monoisotopic (exact) mass is 335 g/mol. The normalized spacial score (nSPS) is 27.1. The molecule has 1 aliphatic carbocycles. The molecule has 1 unspecified atom stereocenters. The molecule has 2 heterocycles. The van der Waals surface area contributed by atoms with E-state index in [-0.39, 0.29) is 29.4 Å². The van der Waals surface area contributed by atoms with Gasteiger partial charge < -0.3 is 19.2 Å². The Kier molecular flexibility index (Phi) is 5.23. The summed E-state index contributed by atoms with van der Waals surface area (Å²) >= 11 is 0. The molecule has 1 atom stereocenters. The van der Waals surface area contributed by atoms with E-state index in [1.165, 1.54) is 6.07 Å². The van der Waals surface area contributed by atoms with E-state index in [2.05, 4.69) is 6.92 Å². The zero-order chi connectivity index (χ0) is 17.1. The Hall–Kier alpha value is -1.82. The van der Waals surface area contributed by atoms with Crippen LogP contribution >= 0.6 is 0 Å². The van der Waals surface area contributed by atoms with Crippen molar-refractivity contribution in [3.05, 3.63) is 23.7 Å². The average molecular weight is 335 g/mol. The summed E-state index contributed by atoms with van der Waals surface area (Å²) in [5.41, 5.74) is 0.00711. The minimum Gasteiger partial charge on any atom is -0.478 e. The summed E-state index contributed by atoms with van der Waals surface area (Å²) in [5.74, 6) is -0.514. The molecule has 2 aliphatic rings. The van der Waals surface area contributed by atoms with Gasteiger partial charge in [-0.1, -0.05) is 6.92 Å². The summed E-state index contributed by atoms with van der Waals surface area (Å²) in [6.45, 7) is 3.55. The van der Waals surface area contributed by atoms with Gasteiger partial charge in [0.2, 0.25) is 0 Å². The molecule has 1 aliphatic heterocycles. The Bertz CT molecular complexity index is 582. The Morgan fingerprint density at radius 1 is 1.25 bits per heavy atom. The molecule has 132 valence electrons. The lowest BCUT2D eigenvalue weighted by atomic mass is 9.86. The van der Waals surface area contributed by atoms with Crippen molar-refractivity contribution < 1.29 is 23.8 Å². The maximum absolute atomic E-state index is 12.9. The van der Waals surface area contributed by atoms with Gasteiger partial charge in [0.1, 0.15) is 6.26 Å². The molecular weight excluding hydrogens is 310 g/mol. The molecule has 3 rings (SSSR count). The smallest absolute Gasteiger partial charge is 0.338 e. The number of ether oxygens (including phenoxy) is 1. The van der Waals surface area contributed by atoms with E-state index in [1.807, 2.05) is 4.90 Å². The lowest BCUT2D eigenvalue weighted by Gasteiger charge is -2.37. The van der Waals surface area contributed by atoms with Crippen LogP contribution < -0.4 is 0 Å². The quantitative estimate of drug-likeness (QED) is 0.894. The highest BCUT2D eigenvalue weighted by molar-refractivity contribution is 5.95. The first kappa shape index (κ1) is 17.0. The first-order valence-corrected chi connectivity index (χ1v) is 8.79. The van der Waals surface area contributed by atoms with Gasteiger partial charge in [-0.15, -0.1) is 0 Å². The molecular formula is C18H25NO5. The molecule has 2 fully saturated rings. The molecule has 1 aromatic heterocycles. The predicted molar refractivity (Wildman–Crippen MR) is 87.1 cm³/mol. The Morgan fingerprint density at radius 3 is 2.58 bits per heavy atom. The lowest BCUT2D eigenvalue weighted by molar-refractivity contribution is 0.0319. The lowest BCUT2D eigenvalue weighted by Crippen LogP contribution is -2.45. The molecule has 1 aromatic rings. The average Bonchev–Trinajstić information content (AvgIpc) is 3.24. The Labute approximate surface area is 141 Å². The molecule has 1 saturated carbocycles. The maximum Gasteiger partial charge on any atom is 0.338 e. The molecule has 24 heavy (non-hydrogen) atoms. The van der Waals surface area contributed by atoms with Gasteiger partial charge in [-0.25, -0.2) is 4.79 Å². The van der Waals surface area contributed by atoms with Crippen LogP contribution in [0.5, 0.6) is 0 Å². The van der Waals surface area contributed by atoms with Crippen LogP contribution in [0.1, 0.15) is 66.4 Å². The van der Waals surface area contributed by atoms with Gasteiger partial charge in [0.05, 0.1) is 11.7 Å². The second kappa shape index (κ2) is 7.38. The third kappa shape index (κ3) is 3.80. The number of amides is 1. The van der Waals surface area contributed by atoms with Crippen molar-refractivity contribution in [3.8, 4) is 0 Å². The van der Waals surface area contributed by atoms with Gasteiger partial charge in [-0.2, -0.15) is 0 Å². The third-order valence-electron chi connectivity index (χ3n) is 5.17. The number of rotatable bonds is 5. The van der Waals surface area contributed by atoms with Crippen LogP contribution in [0.2, 0.25) is 0 Å². The molecule has 6 heteroatoms. The van der Waals surface area contributed by atoms with Crippen LogP contribution in [-0.4, -0.2) is 47.2 Å². The topological polar surface area (TPSA) is 80.0 Å². The van der Waals surface area contributed by atoms with Gasteiger partial charge in [0, 0.05) is 25.3 Å². The Morgan fingerprint density at radius 2 is 2.00 bits per heavy atom. The van der Waals surface area contributed by atoms with Crippen molar-refractivity contribution >= 4 is 11.9 Å². The SMILES string of the molecule is CC1CCC(N(CC2CCCO2)C(=O)c2cc(C(=O)O)co2)CC1. The van der Waals surface area contributed by atoms with Crippen molar-refractivity contribution in [3.63, 3.8) is 0 Å². The first-order chi connectivity index (χ1) is 11.5. The van der Waals surface area contributed by atoms with Gasteiger partial charge in [0.15, 0.2) is 5.76 Å². The number of carboxylic acids is 1. The van der Waals surface area contributed by atoms with Crippen LogP contribution in [0, 0.1) is 5.92 Å². The number of carboxylic acid groups (broad SMARTS) is 1. The van der Waals surface area contributed by atoms with E-state index in [0.717, 1.165) is 51.4 Å². The van der Waals surface area contributed by atoms with Crippen molar-refractivity contribution in [2.75, 3.05) is 13.2 Å². The number of carbonyl (C=O) groups is 2. The van der Waals surface area contributed by atoms with Gasteiger partial charge in [-0.05, 0) is 44.4 Å². The van der Waals surface area contributed by atoms with Crippen molar-refractivity contribution in [1.82, 2.24) is 4.90 Å². The van der Waals surface area contributed by atoms with Crippen LogP contribution in [-0.2, 0) is 4.74 Å². The number of hydrogen-bond acceptors (Lipinski definition) is 4. The highest BCUT2D eigenvalue weighted by Crippen LogP contribution is 2.29. The minimum atomic E-state index is -1.09. The molecule has 0 spiro atoms. The summed E-state index contributed by atoms with van der Waals surface area (Å²) < 4.78 is 10.9. The summed E-state index contributed by atoms with van der Waals surface area (Å²) in [5, 5.41) is 9.02. The fourth-order valence-corrected chi connectivity index (χ4v) is 3.66. The van der Waals surface area contributed by atoms with E-state index in [1.54, 1.807) is 0 Å². The highest BCUT2D eigenvalue weighted by atomic mass is 16.5. The number of furan rings is 1.